The highest BCUT2D eigenvalue weighted by atomic mass is 28.2. The average Bonchev–Trinajstić information content (AvgIpc) is 2.68. The van der Waals surface area contributed by atoms with Gasteiger partial charge in [-0.15, -0.1) is 0 Å². The molecule has 4 aliphatic rings. The number of carbonyl (C=O) groups is 2. The lowest BCUT2D eigenvalue weighted by Gasteiger charge is -2.68. The fraction of sp³-hybridized carbons (Fsp3) is 0.840. The molecule has 7 heteroatoms. The smallest absolute Gasteiger partial charge is 0.303 e. The van der Waals surface area contributed by atoms with E-state index in [4.69, 9.17) is 13.9 Å². The van der Waals surface area contributed by atoms with Crippen molar-refractivity contribution in [3.05, 3.63) is 11.1 Å². The van der Waals surface area contributed by atoms with E-state index < -0.39 is 27.9 Å². The molecule has 0 radical (unpaired) electrons. The van der Waals surface area contributed by atoms with Gasteiger partial charge in [0.15, 0.2) is 5.60 Å². The van der Waals surface area contributed by atoms with E-state index in [1.54, 1.807) is 0 Å². The lowest BCUT2D eigenvalue weighted by atomic mass is 9.41. The molecule has 1 saturated heterocycles. The second-order valence-corrected chi connectivity index (χ2v) is 12.2. The Bertz CT molecular complexity index is 882. The summed E-state index contributed by atoms with van der Waals surface area (Å²) in [4.78, 5) is 26.7. The summed E-state index contributed by atoms with van der Waals surface area (Å²) in [5.74, 6) is -1.15. The third-order valence-corrected chi connectivity index (χ3v) is 10.7. The monoisotopic (exact) mass is 464 g/mol. The zero-order chi connectivity index (χ0) is 24.0. The molecule has 0 aromatic carbocycles. The van der Waals surface area contributed by atoms with Gasteiger partial charge in [0.25, 0.3) is 0 Å². The van der Waals surface area contributed by atoms with Crippen LogP contribution in [0.2, 0.25) is 0 Å². The molecule has 0 aromatic heterocycles. The summed E-state index contributed by atoms with van der Waals surface area (Å²) in [6.07, 6.45) is 0.482. The molecule has 32 heavy (non-hydrogen) atoms. The van der Waals surface area contributed by atoms with Crippen LogP contribution >= 0.6 is 0 Å². The van der Waals surface area contributed by atoms with E-state index in [9.17, 15) is 14.7 Å². The lowest BCUT2D eigenvalue weighted by Crippen LogP contribution is -2.79. The minimum atomic E-state index is -1.07. The number of hydrogen-bond acceptors (Lipinski definition) is 6. The van der Waals surface area contributed by atoms with Gasteiger partial charge in [-0.3, -0.25) is 9.59 Å². The lowest BCUT2D eigenvalue weighted by molar-refractivity contribution is -0.335. The molecule has 4 rings (SSSR count). The Kier molecular flexibility index (Phi) is 5.45. The number of Topliss-reactive ketones (excluding diaryl/α,β-unsaturated/α-hetero) is 1. The summed E-state index contributed by atoms with van der Waals surface area (Å²) in [6, 6.07) is 0. The first-order chi connectivity index (χ1) is 14.7. The summed E-state index contributed by atoms with van der Waals surface area (Å²) >= 11 is 0. The Labute approximate surface area is 195 Å². The maximum absolute atomic E-state index is 14.5. The molecular formula is C25H40O6Si. The number of esters is 1. The maximum atomic E-state index is 14.5. The summed E-state index contributed by atoms with van der Waals surface area (Å²) in [6.45, 7) is 16.1. The molecule has 3 fully saturated rings. The number of hydrogen-bond donors (Lipinski definition) is 1. The molecule has 2 bridgehead atoms. The van der Waals surface area contributed by atoms with E-state index in [1.807, 2.05) is 13.8 Å². The van der Waals surface area contributed by atoms with Crippen LogP contribution < -0.4 is 0 Å². The molecule has 1 heterocycles. The Morgan fingerprint density at radius 2 is 1.84 bits per heavy atom. The summed E-state index contributed by atoms with van der Waals surface area (Å²) in [5.41, 5.74) is -1.19. The Morgan fingerprint density at radius 1 is 1.22 bits per heavy atom. The number of allylic oxidation sites excluding steroid dienone is 1. The van der Waals surface area contributed by atoms with Crippen LogP contribution in [-0.2, 0) is 23.5 Å². The summed E-state index contributed by atoms with van der Waals surface area (Å²) in [7, 11) is 0.487. The van der Waals surface area contributed by atoms with Gasteiger partial charge in [0.05, 0.1) is 23.7 Å². The number of aliphatic hydroxyl groups is 1. The molecular weight excluding hydrogens is 424 g/mol. The first-order valence-corrected chi connectivity index (χ1v) is 12.8. The number of rotatable bonds is 2. The fourth-order valence-electron chi connectivity index (χ4n) is 8.47. The minimum Gasteiger partial charge on any atom is -0.454 e. The predicted octanol–water partition coefficient (Wildman–Crippen LogP) is 2.35. The molecule has 6 nitrogen and oxygen atoms in total. The van der Waals surface area contributed by atoms with Crippen molar-refractivity contribution in [2.75, 3.05) is 6.61 Å². The number of ether oxygens (including phenoxy) is 2. The van der Waals surface area contributed by atoms with Crippen LogP contribution in [0.5, 0.6) is 0 Å². The van der Waals surface area contributed by atoms with Gasteiger partial charge in [-0.1, -0.05) is 45.8 Å². The van der Waals surface area contributed by atoms with E-state index in [0.29, 0.717) is 23.3 Å². The molecule has 5 unspecified atom stereocenters. The topological polar surface area (TPSA) is 82.1 Å². The van der Waals surface area contributed by atoms with E-state index in [0.717, 1.165) is 5.57 Å². The van der Waals surface area contributed by atoms with Crippen LogP contribution in [0.4, 0.5) is 0 Å². The Hall–Kier alpha value is -1.02. The van der Waals surface area contributed by atoms with E-state index in [-0.39, 0.29) is 48.3 Å². The first-order valence-electron chi connectivity index (χ1n) is 12.0. The zero-order valence-electron chi connectivity index (χ0n) is 21.1. The molecule has 1 aliphatic heterocycles. The van der Waals surface area contributed by atoms with Gasteiger partial charge in [0, 0.05) is 30.6 Å². The van der Waals surface area contributed by atoms with Gasteiger partial charge in [-0.2, -0.15) is 0 Å². The third kappa shape index (κ3) is 2.68. The van der Waals surface area contributed by atoms with Crippen LogP contribution in [0.1, 0.15) is 68.2 Å². The van der Waals surface area contributed by atoms with Crippen LogP contribution in [0.25, 0.3) is 0 Å². The van der Waals surface area contributed by atoms with Crippen LogP contribution in [0.15, 0.2) is 11.1 Å². The van der Waals surface area contributed by atoms with E-state index in [2.05, 4.69) is 34.6 Å². The zero-order valence-corrected chi connectivity index (χ0v) is 23.1. The minimum absolute atomic E-state index is 0.130. The number of ketones is 1. The normalized spacial score (nSPS) is 50.0. The second kappa shape index (κ2) is 7.24. The highest BCUT2D eigenvalue weighted by molar-refractivity contribution is 5.99. The highest BCUT2D eigenvalue weighted by Crippen LogP contribution is 2.66. The molecule has 0 aromatic rings. The van der Waals surface area contributed by atoms with E-state index >= 15 is 0 Å². The number of carbonyl (C=O) groups excluding carboxylic acids is 2. The summed E-state index contributed by atoms with van der Waals surface area (Å²) < 4.78 is 18.1. The third-order valence-electron chi connectivity index (χ3n) is 10.1. The van der Waals surface area contributed by atoms with Crippen LogP contribution in [-0.4, -0.2) is 57.4 Å². The fourth-order valence-corrected chi connectivity index (χ4v) is 9.15. The Morgan fingerprint density at radius 3 is 2.34 bits per heavy atom. The second-order valence-electron chi connectivity index (χ2n) is 11.7. The molecule has 180 valence electrons. The van der Waals surface area contributed by atoms with E-state index in [1.165, 1.54) is 12.5 Å². The van der Waals surface area contributed by atoms with Gasteiger partial charge in [-0.25, -0.2) is 0 Å². The van der Waals surface area contributed by atoms with Crippen molar-refractivity contribution in [2.24, 2.45) is 34.5 Å². The standard InChI is InChI=1S/C25H40O6Si/c1-12-10-25(28)15(4)20-23(8,21(27)14(3)19(13(12)2)22(25,6)7)17(31-32)9-18-24(20,11-29-18)30-16(5)26/h12,14-15,17-18,20,28H,9-11H2,1-8,32H3/t12-,14+,15-,17?,18?,20?,23+,24?,25?/m0/s1. The van der Waals surface area contributed by atoms with Gasteiger partial charge in [0.1, 0.15) is 22.4 Å². The van der Waals surface area contributed by atoms with Crippen molar-refractivity contribution in [3.63, 3.8) is 0 Å². The van der Waals surface area contributed by atoms with Crippen molar-refractivity contribution in [1.82, 2.24) is 0 Å². The number of fused-ring (bicyclic) bond motifs is 5. The maximum Gasteiger partial charge on any atom is 0.303 e. The van der Waals surface area contributed by atoms with Crippen LogP contribution in [0, 0.1) is 34.5 Å². The molecule has 2 saturated carbocycles. The molecule has 1 N–H and O–H groups in total. The van der Waals surface area contributed by atoms with Crippen molar-refractivity contribution in [2.45, 2.75) is 91.6 Å². The van der Waals surface area contributed by atoms with Gasteiger partial charge < -0.3 is 19.0 Å². The summed E-state index contributed by atoms with van der Waals surface area (Å²) in [5, 5.41) is 12.5. The van der Waals surface area contributed by atoms with Gasteiger partial charge in [-0.05, 0) is 32.1 Å². The molecule has 0 amide bonds. The average molecular weight is 465 g/mol. The van der Waals surface area contributed by atoms with Gasteiger partial charge >= 0.3 is 5.97 Å². The quantitative estimate of drug-likeness (QED) is 0.384. The van der Waals surface area contributed by atoms with Crippen LogP contribution in [0.3, 0.4) is 0 Å². The molecule has 3 aliphatic carbocycles. The SMILES string of the molecule is CC(=O)OC12COC1CC(O[SiH3])[C@@]1(C)C(=O)[C@H](C)C3=C(C)[C@@H](C)CC(O)([C@@H](C)C21)C3(C)C. The molecule has 0 spiro atoms. The first kappa shape index (κ1) is 24.1. The predicted molar refractivity (Wildman–Crippen MR) is 124 cm³/mol. The van der Waals surface area contributed by atoms with Gasteiger partial charge in [0.2, 0.25) is 0 Å². The Balaban J connectivity index is 2.03. The van der Waals surface area contributed by atoms with Crippen molar-refractivity contribution < 1.29 is 28.6 Å². The molecule has 9 atom stereocenters. The van der Waals surface area contributed by atoms with Crippen molar-refractivity contribution >= 4 is 22.2 Å². The van der Waals surface area contributed by atoms with Crippen molar-refractivity contribution in [1.29, 1.82) is 0 Å². The van der Waals surface area contributed by atoms with Crippen molar-refractivity contribution in [3.8, 4) is 0 Å². The largest absolute Gasteiger partial charge is 0.454 e. The highest BCUT2D eigenvalue weighted by Gasteiger charge is 2.75.